The molecular weight excluding hydrogens is 100 g/mol. The van der Waals surface area contributed by atoms with E-state index in [1.54, 1.807) is 0 Å². The summed E-state index contributed by atoms with van der Waals surface area (Å²) in [6.45, 7) is -0.441. The molecule has 0 heterocycles. The van der Waals surface area contributed by atoms with Crippen LogP contribution < -0.4 is 0 Å². The van der Waals surface area contributed by atoms with Crippen LogP contribution in [0.1, 0.15) is 6.42 Å². The van der Waals surface area contributed by atoms with E-state index in [4.69, 9.17) is 20.4 Å². The minimum atomic E-state index is -2.70. The molecule has 0 amide bonds. The van der Waals surface area contributed by atoms with Gasteiger partial charge in [0.1, 0.15) is 0 Å². The van der Waals surface area contributed by atoms with Crippen LogP contribution in [0.3, 0.4) is 0 Å². The summed E-state index contributed by atoms with van der Waals surface area (Å²) < 4.78 is 0. The van der Waals surface area contributed by atoms with Crippen LogP contribution in [0.25, 0.3) is 0 Å². The lowest BCUT2D eigenvalue weighted by molar-refractivity contribution is -0.316. The Bertz CT molecular complexity index is 45.4. The van der Waals surface area contributed by atoms with Crippen molar-refractivity contribution in [2.24, 2.45) is 0 Å². The Morgan fingerprint density at radius 2 is 1.57 bits per heavy atom. The first-order chi connectivity index (χ1) is 3.06. The molecular formula is C3H8O4. The molecule has 0 aliphatic heterocycles. The monoisotopic (exact) mass is 108 g/mol. The van der Waals surface area contributed by atoms with Crippen molar-refractivity contribution in [1.82, 2.24) is 0 Å². The smallest absolute Gasteiger partial charge is 0.277 e. The minimum Gasteiger partial charge on any atom is -0.396 e. The molecule has 4 N–H and O–H groups in total. The summed E-state index contributed by atoms with van der Waals surface area (Å²) in [6.07, 6.45) is -0.438. The Balaban J connectivity index is 3.15. The van der Waals surface area contributed by atoms with E-state index in [2.05, 4.69) is 0 Å². The second-order valence-corrected chi connectivity index (χ2v) is 1.25. The van der Waals surface area contributed by atoms with Gasteiger partial charge in [0, 0.05) is 0 Å². The molecule has 0 saturated carbocycles. The fraction of sp³-hybridized carbons (Fsp3) is 1.00. The van der Waals surface area contributed by atoms with Crippen molar-refractivity contribution in [2.75, 3.05) is 6.61 Å². The molecule has 0 aromatic carbocycles. The molecule has 44 valence electrons. The van der Waals surface area contributed by atoms with Gasteiger partial charge in [-0.15, -0.1) is 0 Å². The van der Waals surface area contributed by atoms with Crippen LogP contribution in [0.15, 0.2) is 0 Å². The Morgan fingerprint density at radius 3 is 1.57 bits per heavy atom. The van der Waals surface area contributed by atoms with Crippen LogP contribution in [0.4, 0.5) is 0 Å². The van der Waals surface area contributed by atoms with Gasteiger partial charge in [0.15, 0.2) is 0 Å². The average molecular weight is 108 g/mol. The summed E-state index contributed by atoms with van der Waals surface area (Å²) >= 11 is 0. The van der Waals surface area contributed by atoms with Crippen LogP contribution in [-0.2, 0) is 0 Å². The molecule has 4 heteroatoms. The Labute approximate surface area is 40.6 Å². The predicted molar refractivity (Wildman–Crippen MR) is 21.1 cm³/mol. The summed E-state index contributed by atoms with van der Waals surface area (Å²) in [4.78, 5) is 0. The van der Waals surface area contributed by atoms with Gasteiger partial charge in [-0.3, -0.25) is 0 Å². The van der Waals surface area contributed by atoms with E-state index >= 15 is 0 Å². The van der Waals surface area contributed by atoms with Crippen molar-refractivity contribution < 1.29 is 20.4 Å². The molecule has 0 radical (unpaired) electrons. The molecule has 0 aromatic heterocycles. The van der Waals surface area contributed by atoms with Gasteiger partial charge in [0.2, 0.25) is 0 Å². The molecule has 0 bridgehead atoms. The maximum absolute atomic E-state index is 7.97. The summed E-state index contributed by atoms with van der Waals surface area (Å²) in [5, 5.41) is 31.8. The van der Waals surface area contributed by atoms with E-state index in [0.717, 1.165) is 0 Å². The molecule has 0 aliphatic carbocycles. The van der Waals surface area contributed by atoms with Gasteiger partial charge in [-0.1, -0.05) is 0 Å². The third-order valence-electron chi connectivity index (χ3n) is 0.447. The maximum Gasteiger partial charge on any atom is 0.277 e. The highest BCUT2D eigenvalue weighted by Gasteiger charge is 2.15. The molecule has 0 saturated heterocycles. The first-order valence-electron chi connectivity index (χ1n) is 1.84. The fourth-order valence-corrected chi connectivity index (χ4v) is 0.150. The first kappa shape index (κ1) is 6.84. The van der Waals surface area contributed by atoms with Gasteiger partial charge in [0.25, 0.3) is 5.97 Å². The zero-order valence-corrected chi connectivity index (χ0v) is 3.70. The van der Waals surface area contributed by atoms with E-state index in [-0.39, 0.29) is 0 Å². The molecule has 0 unspecified atom stereocenters. The van der Waals surface area contributed by atoms with E-state index in [9.17, 15) is 0 Å². The standard InChI is InChI=1S/C3H8O4/c4-2-1-3(5,6)7/h4-7H,1-2H2. The fourth-order valence-electron chi connectivity index (χ4n) is 0.150. The third-order valence-corrected chi connectivity index (χ3v) is 0.447. The average Bonchev–Trinajstić information content (AvgIpc) is 1.30. The van der Waals surface area contributed by atoms with Crippen molar-refractivity contribution >= 4 is 0 Å². The lowest BCUT2D eigenvalue weighted by Gasteiger charge is -2.10. The number of hydrogen-bond donors (Lipinski definition) is 4. The van der Waals surface area contributed by atoms with Crippen molar-refractivity contribution in [3.05, 3.63) is 0 Å². The van der Waals surface area contributed by atoms with Crippen molar-refractivity contribution in [3.63, 3.8) is 0 Å². The van der Waals surface area contributed by atoms with Crippen LogP contribution in [0.5, 0.6) is 0 Å². The van der Waals surface area contributed by atoms with Gasteiger partial charge in [0.05, 0.1) is 13.0 Å². The van der Waals surface area contributed by atoms with Crippen molar-refractivity contribution in [3.8, 4) is 0 Å². The Morgan fingerprint density at radius 1 is 1.14 bits per heavy atom. The molecule has 0 rings (SSSR count). The van der Waals surface area contributed by atoms with Gasteiger partial charge < -0.3 is 20.4 Å². The normalized spacial score (nSPS) is 12.0. The highest BCUT2D eigenvalue weighted by molar-refractivity contribution is 4.41. The zero-order chi connectivity index (χ0) is 5.91. The molecule has 0 spiro atoms. The Kier molecular flexibility index (Phi) is 2.17. The second-order valence-electron chi connectivity index (χ2n) is 1.25. The van der Waals surface area contributed by atoms with E-state index in [1.165, 1.54) is 0 Å². The van der Waals surface area contributed by atoms with Crippen molar-refractivity contribution in [2.45, 2.75) is 12.4 Å². The number of rotatable bonds is 2. The first-order valence-corrected chi connectivity index (χ1v) is 1.84. The van der Waals surface area contributed by atoms with Crippen LogP contribution in [0.2, 0.25) is 0 Å². The highest BCUT2D eigenvalue weighted by Crippen LogP contribution is 1.95. The lowest BCUT2D eigenvalue weighted by Crippen LogP contribution is -2.27. The molecule has 0 aliphatic rings. The minimum absolute atomic E-state index is 0.438. The second kappa shape index (κ2) is 2.23. The van der Waals surface area contributed by atoms with Crippen LogP contribution >= 0.6 is 0 Å². The van der Waals surface area contributed by atoms with E-state index in [1.807, 2.05) is 0 Å². The number of hydrogen-bond acceptors (Lipinski definition) is 4. The quantitative estimate of drug-likeness (QED) is 0.308. The molecule has 0 fully saturated rings. The number of aliphatic hydroxyl groups is 4. The summed E-state index contributed by atoms with van der Waals surface area (Å²) in [5.41, 5.74) is 0. The molecule has 7 heavy (non-hydrogen) atoms. The van der Waals surface area contributed by atoms with E-state index < -0.39 is 19.0 Å². The zero-order valence-electron chi connectivity index (χ0n) is 3.70. The maximum atomic E-state index is 7.97. The SMILES string of the molecule is OCCC(O)(O)O. The van der Waals surface area contributed by atoms with E-state index in [0.29, 0.717) is 0 Å². The van der Waals surface area contributed by atoms with Gasteiger partial charge in [-0.25, -0.2) is 0 Å². The van der Waals surface area contributed by atoms with Crippen LogP contribution in [0, 0.1) is 0 Å². The predicted octanol–water partition coefficient (Wildman–Crippen LogP) is -2.00. The largest absolute Gasteiger partial charge is 0.396 e. The van der Waals surface area contributed by atoms with Gasteiger partial charge in [-0.05, 0) is 0 Å². The summed E-state index contributed by atoms with van der Waals surface area (Å²) in [5.74, 6) is -2.70. The van der Waals surface area contributed by atoms with Gasteiger partial charge >= 0.3 is 0 Å². The van der Waals surface area contributed by atoms with Crippen molar-refractivity contribution in [1.29, 1.82) is 0 Å². The summed E-state index contributed by atoms with van der Waals surface area (Å²) in [6, 6.07) is 0. The molecule has 4 nitrogen and oxygen atoms in total. The molecule has 0 atom stereocenters. The Hall–Kier alpha value is -0.160. The molecule has 0 aromatic rings. The lowest BCUT2D eigenvalue weighted by atomic mass is 10.4. The number of aliphatic hydroxyl groups excluding tert-OH is 1. The third kappa shape index (κ3) is 5.84. The highest BCUT2D eigenvalue weighted by atomic mass is 16.7. The topological polar surface area (TPSA) is 80.9 Å². The van der Waals surface area contributed by atoms with Crippen LogP contribution in [-0.4, -0.2) is 33.0 Å². The summed E-state index contributed by atoms with van der Waals surface area (Å²) in [7, 11) is 0. The van der Waals surface area contributed by atoms with Gasteiger partial charge in [-0.2, -0.15) is 0 Å².